The smallest absolute Gasteiger partial charge is 0.367 e. The minimum Gasteiger partial charge on any atom is -0.367 e. The van der Waals surface area contributed by atoms with Gasteiger partial charge in [0.25, 0.3) is 0 Å². The Hall–Kier alpha value is -1.69. The summed E-state index contributed by atoms with van der Waals surface area (Å²) in [5.41, 5.74) is 0.746. The van der Waals surface area contributed by atoms with Crippen molar-refractivity contribution in [3.05, 3.63) is 30.3 Å². The zero-order chi connectivity index (χ0) is 11.6. The Kier molecular flexibility index (Phi) is 2.74. The van der Waals surface area contributed by atoms with Gasteiger partial charge < -0.3 is 4.52 Å². The summed E-state index contributed by atoms with van der Waals surface area (Å²) < 4.78 is 14.7. The van der Waals surface area contributed by atoms with Crippen molar-refractivity contribution >= 4 is 7.82 Å². The van der Waals surface area contributed by atoms with E-state index >= 15 is 0 Å². The molecule has 0 bridgehead atoms. The van der Waals surface area contributed by atoms with E-state index in [1.54, 1.807) is 24.3 Å². The maximum absolute atomic E-state index is 10.5. The molecule has 84 valence electrons. The van der Waals surface area contributed by atoms with Crippen molar-refractivity contribution in [2.45, 2.75) is 0 Å². The Labute approximate surface area is 90.4 Å². The fraction of sp³-hybridized carbons (Fsp3) is 0. The van der Waals surface area contributed by atoms with Crippen molar-refractivity contribution < 1.29 is 18.9 Å². The predicted molar refractivity (Wildman–Crippen MR) is 54.5 cm³/mol. The standard InChI is InChI=1S/C8H8N3O4P/c12-16(13,14)15-8-9-7(10-11-8)6-4-2-1-3-5-6/h1-5H,(H,9,10,11)(H2,12,13,14). The number of aromatic nitrogens is 3. The summed E-state index contributed by atoms with van der Waals surface area (Å²) in [5, 5.41) is 6.04. The minimum absolute atomic E-state index is 0.379. The fourth-order valence-electron chi connectivity index (χ4n) is 1.12. The minimum atomic E-state index is -4.61. The van der Waals surface area contributed by atoms with Crippen LogP contribution in [0, 0.1) is 0 Å². The highest BCUT2D eigenvalue weighted by molar-refractivity contribution is 7.46. The average Bonchev–Trinajstić information content (AvgIpc) is 2.65. The lowest BCUT2D eigenvalue weighted by atomic mass is 10.2. The van der Waals surface area contributed by atoms with Crippen molar-refractivity contribution in [1.82, 2.24) is 15.2 Å². The van der Waals surface area contributed by atoms with Crippen molar-refractivity contribution in [2.24, 2.45) is 0 Å². The average molecular weight is 241 g/mol. The van der Waals surface area contributed by atoms with Crippen LogP contribution in [0.25, 0.3) is 11.4 Å². The number of nitrogens with one attached hydrogen (secondary N) is 1. The van der Waals surface area contributed by atoms with Crippen LogP contribution in [0.2, 0.25) is 0 Å². The normalized spacial score (nSPS) is 11.4. The first-order valence-electron chi connectivity index (χ1n) is 4.27. The van der Waals surface area contributed by atoms with E-state index in [1.165, 1.54) is 0 Å². The van der Waals surface area contributed by atoms with Crippen LogP contribution in [0.4, 0.5) is 0 Å². The van der Waals surface area contributed by atoms with Gasteiger partial charge in [0.15, 0.2) is 5.82 Å². The van der Waals surface area contributed by atoms with Gasteiger partial charge in [-0.15, -0.1) is 5.10 Å². The quantitative estimate of drug-likeness (QED) is 0.690. The molecule has 0 aliphatic rings. The number of rotatable bonds is 3. The van der Waals surface area contributed by atoms with Gasteiger partial charge in [-0.1, -0.05) is 30.3 Å². The van der Waals surface area contributed by atoms with Crippen LogP contribution in [0.5, 0.6) is 6.01 Å². The molecule has 2 rings (SSSR count). The zero-order valence-electron chi connectivity index (χ0n) is 7.94. The Bertz CT molecular complexity index is 521. The summed E-state index contributed by atoms with van der Waals surface area (Å²) in [6.45, 7) is 0. The van der Waals surface area contributed by atoms with Crippen LogP contribution >= 0.6 is 7.82 Å². The van der Waals surface area contributed by atoms with E-state index in [9.17, 15) is 4.57 Å². The summed E-state index contributed by atoms with van der Waals surface area (Å²) in [6.07, 6.45) is 0. The lowest BCUT2D eigenvalue weighted by Crippen LogP contribution is -1.91. The first-order chi connectivity index (χ1) is 7.54. The molecule has 0 fully saturated rings. The number of benzene rings is 1. The second kappa shape index (κ2) is 4.05. The summed E-state index contributed by atoms with van der Waals surface area (Å²) in [6, 6.07) is 8.63. The number of phosphoric acid groups is 1. The Balaban J connectivity index is 2.24. The number of hydrogen-bond donors (Lipinski definition) is 3. The van der Waals surface area contributed by atoms with Crippen LogP contribution in [0.3, 0.4) is 0 Å². The van der Waals surface area contributed by atoms with Gasteiger partial charge in [0.2, 0.25) is 0 Å². The lowest BCUT2D eigenvalue weighted by molar-refractivity contribution is 0.275. The molecule has 0 atom stereocenters. The molecule has 0 aliphatic carbocycles. The summed E-state index contributed by atoms with van der Waals surface area (Å²) in [7, 11) is -4.61. The van der Waals surface area contributed by atoms with E-state index in [1.807, 2.05) is 6.07 Å². The van der Waals surface area contributed by atoms with Crippen LogP contribution in [0.1, 0.15) is 0 Å². The van der Waals surface area contributed by atoms with Gasteiger partial charge in [0.05, 0.1) is 0 Å². The molecule has 0 aliphatic heterocycles. The molecule has 0 saturated carbocycles. The topological polar surface area (TPSA) is 108 Å². The monoisotopic (exact) mass is 241 g/mol. The molecule has 3 N–H and O–H groups in total. The van der Waals surface area contributed by atoms with E-state index in [2.05, 4.69) is 19.7 Å². The number of nitrogens with zero attached hydrogens (tertiary/aromatic N) is 2. The highest BCUT2D eigenvalue weighted by Gasteiger charge is 2.19. The fourth-order valence-corrected chi connectivity index (χ4v) is 1.41. The summed E-state index contributed by atoms with van der Waals surface area (Å²) in [4.78, 5) is 20.9. The molecule has 1 aromatic carbocycles. The molecular formula is C8H8N3O4P. The van der Waals surface area contributed by atoms with Crippen molar-refractivity contribution in [2.75, 3.05) is 0 Å². The highest BCUT2D eigenvalue weighted by atomic mass is 31.2. The SMILES string of the molecule is O=P(O)(O)Oc1n[nH]c(-c2ccccc2)n1. The number of hydrogen-bond acceptors (Lipinski definition) is 4. The Morgan fingerprint density at radius 1 is 1.25 bits per heavy atom. The molecule has 8 heteroatoms. The number of H-pyrrole nitrogens is 1. The molecular weight excluding hydrogens is 233 g/mol. The van der Waals surface area contributed by atoms with Gasteiger partial charge in [0.1, 0.15) is 0 Å². The molecule has 7 nitrogen and oxygen atoms in total. The van der Waals surface area contributed by atoms with Gasteiger partial charge in [-0.2, -0.15) is 4.98 Å². The first-order valence-corrected chi connectivity index (χ1v) is 5.80. The van der Waals surface area contributed by atoms with Gasteiger partial charge in [-0.05, 0) is 0 Å². The predicted octanol–water partition coefficient (Wildman–Crippen LogP) is 0.943. The molecule has 1 heterocycles. The second-order valence-electron chi connectivity index (χ2n) is 2.91. The van der Waals surface area contributed by atoms with E-state index in [-0.39, 0.29) is 6.01 Å². The molecule has 1 aromatic heterocycles. The third-order valence-electron chi connectivity index (χ3n) is 1.71. The van der Waals surface area contributed by atoms with Crippen molar-refractivity contribution in [1.29, 1.82) is 0 Å². The molecule has 2 aromatic rings. The third kappa shape index (κ3) is 2.66. The number of phosphoric ester groups is 1. The molecule has 0 radical (unpaired) electrons. The van der Waals surface area contributed by atoms with Crippen molar-refractivity contribution in [3.8, 4) is 17.4 Å². The maximum atomic E-state index is 10.5. The maximum Gasteiger partial charge on any atom is 0.527 e. The Morgan fingerprint density at radius 3 is 2.56 bits per heavy atom. The van der Waals surface area contributed by atoms with Gasteiger partial charge in [-0.3, -0.25) is 14.9 Å². The molecule has 0 spiro atoms. The van der Waals surface area contributed by atoms with E-state index < -0.39 is 7.82 Å². The number of aromatic amines is 1. The van der Waals surface area contributed by atoms with Gasteiger partial charge in [-0.25, -0.2) is 4.57 Å². The molecule has 16 heavy (non-hydrogen) atoms. The van der Waals surface area contributed by atoms with Gasteiger partial charge in [0, 0.05) is 5.56 Å². The van der Waals surface area contributed by atoms with E-state index in [0.29, 0.717) is 5.82 Å². The van der Waals surface area contributed by atoms with Crippen LogP contribution < -0.4 is 4.52 Å². The highest BCUT2D eigenvalue weighted by Crippen LogP contribution is 2.36. The summed E-state index contributed by atoms with van der Waals surface area (Å²) >= 11 is 0. The van der Waals surface area contributed by atoms with Crippen LogP contribution in [-0.4, -0.2) is 25.0 Å². The molecule has 0 unspecified atom stereocenters. The van der Waals surface area contributed by atoms with Crippen LogP contribution in [0.15, 0.2) is 30.3 Å². The van der Waals surface area contributed by atoms with Crippen LogP contribution in [-0.2, 0) is 4.57 Å². The van der Waals surface area contributed by atoms with Crippen molar-refractivity contribution in [3.63, 3.8) is 0 Å². The van der Waals surface area contributed by atoms with E-state index in [0.717, 1.165) is 5.56 Å². The Morgan fingerprint density at radius 2 is 1.94 bits per heavy atom. The second-order valence-corrected chi connectivity index (χ2v) is 4.08. The summed E-state index contributed by atoms with van der Waals surface area (Å²) in [5.74, 6) is 0.379. The zero-order valence-corrected chi connectivity index (χ0v) is 8.83. The molecule has 0 saturated heterocycles. The largest absolute Gasteiger partial charge is 0.527 e. The van der Waals surface area contributed by atoms with E-state index in [4.69, 9.17) is 9.79 Å². The molecule has 0 amide bonds. The van der Waals surface area contributed by atoms with Gasteiger partial charge >= 0.3 is 13.8 Å². The lowest BCUT2D eigenvalue weighted by Gasteiger charge is -1.99. The first kappa shape index (κ1) is 10.8. The third-order valence-corrected chi connectivity index (χ3v) is 2.11.